The van der Waals surface area contributed by atoms with E-state index in [0.717, 1.165) is 60.6 Å². The number of carbonyl (C=O) groups is 1. The Labute approximate surface area is 196 Å². The molecule has 1 aliphatic rings. The number of aromatic nitrogens is 1. The van der Waals surface area contributed by atoms with Crippen molar-refractivity contribution in [3.63, 3.8) is 0 Å². The normalized spacial score (nSPS) is 15.2. The van der Waals surface area contributed by atoms with Crippen LogP contribution in [0.2, 0.25) is 0 Å². The molecule has 1 amide bonds. The van der Waals surface area contributed by atoms with Crippen molar-refractivity contribution in [3.05, 3.63) is 69.0 Å². The molecule has 0 bridgehead atoms. The monoisotopic (exact) mass is 498 g/mol. The lowest BCUT2D eigenvalue weighted by Crippen LogP contribution is -2.45. The number of carbonyl (C=O) groups excluding carboxylic acids is 1. The molecule has 0 unspecified atom stereocenters. The number of nitrogens with zero attached hydrogens (tertiary/aromatic N) is 3. The summed E-state index contributed by atoms with van der Waals surface area (Å²) in [5.41, 5.74) is 4.96. The zero-order chi connectivity index (χ0) is 21.8. The minimum absolute atomic E-state index is 0.129. The molecule has 7 heteroatoms. The summed E-state index contributed by atoms with van der Waals surface area (Å²) in [6.45, 7) is 10.8. The molecule has 0 saturated carbocycles. The zero-order valence-corrected chi connectivity index (χ0v) is 20.3. The van der Waals surface area contributed by atoms with Crippen LogP contribution < -0.4 is 5.32 Å². The minimum atomic E-state index is -0.129. The van der Waals surface area contributed by atoms with Crippen LogP contribution in [0, 0.1) is 6.92 Å². The van der Waals surface area contributed by atoms with Gasteiger partial charge in [-0.25, -0.2) is 4.98 Å². The van der Waals surface area contributed by atoms with Crippen LogP contribution in [0.1, 0.15) is 28.4 Å². The van der Waals surface area contributed by atoms with Crippen molar-refractivity contribution in [3.8, 4) is 11.3 Å². The molecule has 162 valence electrons. The van der Waals surface area contributed by atoms with E-state index < -0.39 is 0 Å². The lowest BCUT2D eigenvalue weighted by molar-refractivity contribution is 0.102. The van der Waals surface area contributed by atoms with Crippen LogP contribution in [0.15, 0.2) is 52.3 Å². The zero-order valence-electron chi connectivity index (χ0n) is 17.9. The SMILES string of the molecule is CCN1CCN(Cc2ccc(C(=O)Nc3nc(-c4ccc(Br)c(C)c4)cs3)cc2)CC1. The molecule has 31 heavy (non-hydrogen) atoms. The van der Waals surface area contributed by atoms with Crippen molar-refractivity contribution in [1.29, 1.82) is 0 Å². The summed E-state index contributed by atoms with van der Waals surface area (Å²) < 4.78 is 1.08. The number of halogens is 1. The Bertz CT molecular complexity index is 1040. The van der Waals surface area contributed by atoms with Gasteiger partial charge in [0.2, 0.25) is 0 Å². The van der Waals surface area contributed by atoms with E-state index in [4.69, 9.17) is 0 Å². The van der Waals surface area contributed by atoms with E-state index in [1.165, 1.54) is 16.9 Å². The summed E-state index contributed by atoms with van der Waals surface area (Å²) in [6.07, 6.45) is 0. The van der Waals surface area contributed by atoms with Crippen LogP contribution in [0.4, 0.5) is 5.13 Å². The quantitative estimate of drug-likeness (QED) is 0.502. The first-order chi connectivity index (χ1) is 15.0. The molecule has 1 fully saturated rings. The van der Waals surface area contributed by atoms with Crippen molar-refractivity contribution in [2.75, 3.05) is 38.0 Å². The van der Waals surface area contributed by atoms with Crippen LogP contribution in [-0.4, -0.2) is 53.4 Å². The highest BCUT2D eigenvalue weighted by Gasteiger charge is 2.16. The van der Waals surface area contributed by atoms with Crippen molar-refractivity contribution >= 4 is 38.3 Å². The molecule has 1 aliphatic heterocycles. The number of anilines is 1. The van der Waals surface area contributed by atoms with Gasteiger partial charge in [-0.2, -0.15) is 0 Å². The minimum Gasteiger partial charge on any atom is -0.301 e. The van der Waals surface area contributed by atoms with Crippen LogP contribution in [0.25, 0.3) is 11.3 Å². The van der Waals surface area contributed by atoms with E-state index in [0.29, 0.717) is 10.7 Å². The van der Waals surface area contributed by atoms with Gasteiger partial charge in [-0.05, 0) is 48.9 Å². The number of hydrogen-bond donors (Lipinski definition) is 1. The van der Waals surface area contributed by atoms with Crippen molar-refractivity contribution in [2.24, 2.45) is 0 Å². The Morgan fingerprint density at radius 3 is 2.48 bits per heavy atom. The molecule has 0 atom stereocenters. The number of amides is 1. The molecular weight excluding hydrogens is 472 g/mol. The third-order valence-electron chi connectivity index (χ3n) is 5.71. The maximum Gasteiger partial charge on any atom is 0.257 e. The second-order valence-corrected chi connectivity index (χ2v) is 9.58. The van der Waals surface area contributed by atoms with Crippen LogP contribution in [0.3, 0.4) is 0 Å². The lowest BCUT2D eigenvalue weighted by atomic mass is 10.1. The third-order valence-corrected chi connectivity index (χ3v) is 7.36. The van der Waals surface area contributed by atoms with Crippen molar-refractivity contribution in [2.45, 2.75) is 20.4 Å². The third kappa shape index (κ3) is 5.60. The highest BCUT2D eigenvalue weighted by Crippen LogP contribution is 2.28. The van der Waals surface area contributed by atoms with Gasteiger partial charge in [0.05, 0.1) is 5.69 Å². The average Bonchev–Trinajstić information content (AvgIpc) is 3.25. The summed E-state index contributed by atoms with van der Waals surface area (Å²) in [4.78, 5) is 22.2. The Morgan fingerprint density at radius 2 is 1.81 bits per heavy atom. The van der Waals surface area contributed by atoms with Crippen LogP contribution >= 0.6 is 27.3 Å². The fourth-order valence-corrected chi connectivity index (χ4v) is 4.68. The number of rotatable bonds is 6. The summed E-state index contributed by atoms with van der Waals surface area (Å²) in [6, 6.07) is 14.1. The molecule has 0 aliphatic carbocycles. The van der Waals surface area contributed by atoms with Gasteiger partial charge in [0, 0.05) is 53.7 Å². The summed E-state index contributed by atoms with van der Waals surface area (Å²) in [5.74, 6) is -0.129. The fraction of sp³-hybridized carbons (Fsp3) is 0.333. The molecule has 1 aromatic heterocycles. The van der Waals surface area contributed by atoms with E-state index in [-0.39, 0.29) is 5.91 Å². The highest BCUT2D eigenvalue weighted by atomic mass is 79.9. The molecule has 3 aromatic rings. The van der Waals surface area contributed by atoms with E-state index in [1.54, 1.807) is 0 Å². The van der Waals surface area contributed by atoms with Gasteiger partial charge in [0.25, 0.3) is 5.91 Å². The second kappa shape index (κ2) is 10.0. The Morgan fingerprint density at radius 1 is 1.10 bits per heavy atom. The average molecular weight is 499 g/mol. The Kier molecular flexibility index (Phi) is 7.17. The van der Waals surface area contributed by atoms with Crippen molar-refractivity contribution < 1.29 is 4.79 Å². The summed E-state index contributed by atoms with van der Waals surface area (Å²) in [7, 11) is 0. The molecule has 0 spiro atoms. The first-order valence-corrected chi connectivity index (χ1v) is 12.3. The number of aryl methyl sites for hydroxylation is 1. The molecule has 1 saturated heterocycles. The van der Waals surface area contributed by atoms with Crippen LogP contribution in [0.5, 0.6) is 0 Å². The number of thiazole rings is 1. The van der Waals surface area contributed by atoms with E-state index in [9.17, 15) is 4.79 Å². The van der Waals surface area contributed by atoms with Gasteiger partial charge < -0.3 is 4.90 Å². The number of hydrogen-bond acceptors (Lipinski definition) is 5. The maximum atomic E-state index is 12.7. The van der Waals surface area contributed by atoms with Gasteiger partial charge in [-0.1, -0.05) is 41.1 Å². The molecule has 0 radical (unpaired) electrons. The number of piperazine rings is 1. The molecule has 2 heterocycles. The molecule has 2 aromatic carbocycles. The number of nitrogens with one attached hydrogen (secondary N) is 1. The van der Waals surface area contributed by atoms with E-state index in [1.807, 2.05) is 29.6 Å². The molecular formula is C24H27BrN4OS. The number of benzene rings is 2. The van der Waals surface area contributed by atoms with E-state index in [2.05, 4.69) is 68.1 Å². The smallest absolute Gasteiger partial charge is 0.257 e. The van der Waals surface area contributed by atoms with Gasteiger partial charge in [0.15, 0.2) is 5.13 Å². The predicted molar refractivity (Wildman–Crippen MR) is 132 cm³/mol. The largest absolute Gasteiger partial charge is 0.301 e. The fourth-order valence-electron chi connectivity index (χ4n) is 3.72. The van der Waals surface area contributed by atoms with Gasteiger partial charge in [0.1, 0.15) is 0 Å². The van der Waals surface area contributed by atoms with Crippen molar-refractivity contribution in [1.82, 2.24) is 14.8 Å². The first-order valence-electron chi connectivity index (χ1n) is 10.6. The standard InChI is InChI=1S/C24H27BrN4OS/c1-3-28-10-12-29(13-11-28)15-18-4-6-19(7-5-18)23(30)27-24-26-22(16-31-24)20-8-9-21(25)17(2)14-20/h4-9,14,16H,3,10-13,15H2,1-2H3,(H,26,27,30). The summed E-state index contributed by atoms with van der Waals surface area (Å²) >= 11 is 4.96. The van der Waals surface area contributed by atoms with Crippen LogP contribution in [-0.2, 0) is 6.54 Å². The molecule has 1 N–H and O–H groups in total. The first kappa shape index (κ1) is 22.1. The second-order valence-electron chi connectivity index (χ2n) is 7.86. The highest BCUT2D eigenvalue weighted by molar-refractivity contribution is 9.10. The maximum absolute atomic E-state index is 12.7. The topological polar surface area (TPSA) is 48.5 Å². The molecule has 4 rings (SSSR count). The Balaban J connectivity index is 1.35. The van der Waals surface area contributed by atoms with Gasteiger partial charge in [-0.15, -0.1) is 11.3 Å². The van der Waals surface area contributed by atoms with Gasteiger partial charge >= 0.3 is 0 Å². The molecule has 5 nitrogen and oxygen atoms in total. The predicted octanol–water partition coefficient (Wildman–Crippen LogP) is 5.27. The summed E-state index contributed by atoms with van der Waals surface area (Å²) in [5, 5.41) is 5.51. The van der Waals surface area contributed by atoms with Gasteiger partial charge in [-0.3, -0.25) is 15.0 Å². The number of likely N-dealkylation sites (N-methyl/N-ethyl adjacent to an activating group) is 1. The Hall–Kier alpha value is -2.06. The lowest BCUT2D eigenvalue weighted by Gasteiger charge is -2.34. The van der Waals surface area contributed by atoms with E-state index >= 15 is 0 Å².